The summed E-state index contributed by atoms with van der Waals surface area (Å²) in [6.07, 6.45) is 1.25. The standard InChI is InChI=1S/C21H28FN3O3S/c1-5-29(27,28)23(4)18-10-12-24(13-11-18)21(26)20-14-15(2)25(16(20)3)19-8-6-17(22)7-9-19/h6-9,14,18H,5,10-13H2,1-4H3. The molecular weight excluding hydrogens is 393 g/mol. The molecule has 2 aromatic rings. The first-order valence-corrected chi connectivity index (χ1v) is 11.5. The molecule has 0 unspecified atom stereocenters. The van der Waals surface area contributed by atoms with Gasteiger partial charge in [0.05, 0.1) is 11.3 Å². The van der Waals surface area contributed by atoms with Gasteiger partial charge < -0.3 is 9.47 Å². The Morgan fingerprint density at radius 1 is 1.17 bits per heavy atom. The monoisotopic (exact) mass is 421 g/mol. The highest BCUT2D eigenvalue weighted by molar-refractivity contribution is 7.89. The number of sulfonamides is 1. The molecule has 0 N–H and O–H groups in total. The van der Waals surface area contributed by atoms with E-state index in [2.05, 4.69) is 0 Å². The van der Waals surface area contributed by atoms with E-state index in [0.717, 1.165) is 17.1 Å². The third-order valence-electron chi connectivity index (χ3n) is 5.82. The lowest BCUT2D eigenvalue weighted by Gasteiger charge is -2.36. The molecule has 0 aliphatic carbocycles. The molecule has 6 nitrogen and oxygen atoms in total. The molecule has 1 fully saturated rings. The Labute approximate surface area is 172 Å². The van der Waals surface area contributed by atoms with Gasteiger partial charge in [-0.05, 0) is 63.9 Å². The summed E-state index contributed by atoms with van der Waals surface area (Å²) in [6, 6.07) is 7.98. The number of aromatic nitrogens is 1. The van der Waals surface area contributed by atoms with Crippen molar-refractivity contribution in [2.75, 3.05) is 25.9 Å². The van der Waals surface area contributed by atoms with Crippen LogP contribution in [0.15, 0.2) is 30.3 Å². The van der Waals surface area contributed by atoms with Gasteiger partial charge in [0.1, 0.15) is 5.82 Å². The second-order valence-electron chi connectivity index (χ2n) is 7.54. The molecule has 2 heterocycles. The van der Waals surface area contributed by atoms with Crippen LogP contribution in [0.4, 0.5) is 4.39 Å². The number of carbonyl (C=O) groups excluding carboxylic acids is 1. The molecule has 1 amide bonds. The fourth-order valence-corrected chi connectivity index (χ4v) is 5.07. The number of hydrogen-bond donors (Lipinski definition) is 0. The fourth-order valence-electron chi connectivity index (χ4n) is 4.00. The van der Waals surface area contributed by atoms with Gasteiger partial charge in [-0.15, -0.1) is 0 Å². The Hall–Kier alpha value is -2.19. The first-order chi connectivity index (χ1) is 13.7. The zero-order chi connectivity index (χ0) is 21.3. The van der Waals surface area contributed by atoms with Crippen LogP contribution >= 0.6 is 0 Å². The van der Waals surface area contributed by atoms with Crippen LogP contribution in [-0.2, 0) is 10.0 Å². The maximum absolute atomic E-state index is 13.3. The molecule has 158 valence electrons. The van der Waals surface area contributed by atoms with E-state index in [9.17, 15) is 17.6 Å². The van der Waals surface area contributed by atoms with Gasteiger partial charge in [0.15, 0.2) is 0 Å². The summed E-state index contributed by atoms with van der Waals surface area (Å²) in [5, 5.41) is 0. The minimum Gasteiger partial charge on any atom is -0.338 e. The molecular formula is C21H28FN3O3S. The predicted octanol–water partition coefficient (Wildman–Crippen LogP) is 3.12. The van der Waals surface area contributed by atoms with Gasteiger partial charge in [0.2, 0.25) is 10.0 Å². The van der Waals surface area contributed by atoms with E-state index in [1.807, 2.05) is 24.5 Å². The lowest BCUT2D eigenvalue weighted by atomic mass is 10.0. The van der Waals surface area contributed by atoms with Gasteiger partial charge in [0, 0.05) is 43.3 Å². The summed E-state index contributed by atoms with van der Waals surface area (Å²) in [4.78, 5) is 14.9. The number of amides is 1. The quantitative estimate of drug-likeness (QED) is 0.745. The van der Waals surface area contributed by atoms with E-state index in [1.165, 1.54) is 16.4 Å². The molecule has 1 aromatic carbocycles. The number of nitrogens with zero attached hydrogens (tertiary/aromatic N) is 3. The number of hydrogen-bond acceptors (Lipinski definition) is 3. The molecule has 0 atom stereocenters. The van der Waals surface area contributed by atoms with Gasteiger partial charge in [-0.2, -0.15) is 0 Å². The van der Waals surface area contributed by atoms with Gasteiger partial charge >= 0.3 is 0 Å². The summed E-state index contributed by atoms with van der Waals surface area (Å²) in [7, 11) is -1.61. The van der Waals surface area contributed by atoms with Crippen LogP contribution < -0.4 is 0 Å². The van der Waals surface area contributed by atoms with Crippen LogP contribution in [0.1, 0.15) is 41.5 Å². The Bertz CT molecular complexity index is 991. The van der Waals surface area contributed by atoms with Crippen molar-refractivity contribution in [2.45, 2.75) is 39.7 Å². The third kappa shape index (κ3) is 4.23. The highest BCUT2D eigenvalue weighted by atomic mass is 32.2. The van der Waals surface area contributed by atoms with Crippen LogP contribution in [0.5, 0.6) is 0 Å². The number of halogens is 1. The lowest BCUT2D eigenvalue weighted by Crippen LogP contribution is -2.47. The zero-order valence-electron chi connectivity index (χ0n) is 17.4. The Kier molecular flexibility index (Phi) is 6.14. The van der Waals surface area contributed by atoms with Crippen molar-refractivity contribution in [1.82, 2.24) is 13.8 Å². The molecule has 1 saturated heterocycles. The fraction of sp³-hybridized carbons (Fsp3) is 0.476. The summed E-state index contributed by atoms with van der Waals surface area (Å²) in [5.74, 6) is -0.269. The van der Waals surface area contributed by atoms with E-state index in [4.69, 9.17) is 0 Å². The predicted molar refractivity (Wildman–Crippen MR) is 111 cm³/mol. The molecule has 29 heavy (non-hydrogen) atoms. The largest absolute Gasteiger partial charge is 0.338 e. The molecule has 1 aliphatic rings. The van der Waals surface area contributed by atoms with Crippen LogP contribution in [-0.4, -0.2) is 60.0 Å². The second kappa shape index (κ2) is 8.28. The van der Waals surface area contributed by atoms with Gasteiger partial charge in [-0.3, -0.25) is 4.79 Å². The van der Waals surface area contributed by atoms with E-state index in [0.29, 0.717) is 31.5 Å². The summed E-state index contributed by atoms with van der Waals surface area (Å²) in [5.41, 5.74) is 3.15. The minimum atomic E-state index is -3.23. The van der Waals surface area contributed by atoms with Crippen LogP contribution in [0.25, 0.3) is 5.69 Å². The SMILES string of the molecule is CCS(=O)(=O)N(C)C1CCN(C(=O)c2cc(C)n(-c3ccc(F)cc3)c2C)CC1. The highest BCUT2D eigenvalue weighted by Gasteiger charge is 2.31. The van der Waals surface area contributed by atoms with Crippen LogP contribution in [0, 0.1) is 19.7 Å². The van der Waals surface area contributed by atoms with Crippen LogP contribution in [0.2, 0.25) is 0 Å². The van der Waals surface area contributed by atoms with E-state index >= 15 is 0 Å². The van der Waals surface area contributed by atoms with Crippen molar-refractivity contribution < 1.29 is 17.6 Å². The van der Waals surface area contributed by atoms with Crippen LogP contribution in [0.3, 0.4) is 0 Å². The molecule has 0 bridgehead atoms. The number of rotatable bonds is 5. The minimum absolute atomic E-state index is 0.0501. The first kappa shape index (κ1) is 21.5. The molecule has 3 rings (SSSR count). The number of benzene rings is 1. The maximum Gasteiger partial charge on any atom is 0.255 e. The Morgan fingerprint density at radius 3 is 2.31 bits per heavy atom. The smallest absolute Gasteiger partial charge is 0.255 e. The van der Waals surface area contributed by atoms with Crippen molar-refractivity contribution in [1.29, 1.82) is 0 Å². The third-order valence-corrected chi connectivity index (χ3v) is 7.72. The van der Waals surface area contributed by atoms with Crippen molar-refractivity contribution >= 4 is 15.9 Å². The average Bonchev–Trinajstić information content (AvgIpc) is 3.01. The number of likely N-dealkylation sites (tertiary alicyclic amines) is 1. The molecule has 1 aliphatic heterocycles. The normalized spacial score (nSPS) is 15.9. The highest BCUT2D eigenvalue weighted by Crippen LogP contribution is 2.25. The first-order valence-electron chi connectivity index (χ1n) is 9.85. The molecule has 1 aromatic heterocycles. The Balaban J connectivity index is 1.76. The second-order valence-corrected chi connectivity index (χ2v) is 9.85. The van der Waals surface area contributed by atoms with Crippen molar-refractivity contribution in [3.8, 4) is 5.69 Å². The van der Waals surface area contributed by atoms with E-state index in [-0.39, 0.29) is 23.5 Å². The average molecular weight is 422 g/mol. The van der Waals surface area contributed by atoms with Gasteiger partial charge in [0.25, 0.3) is 5.91 Å². The topological polar surface area (TPSA) is 62.6 Å². The van der Waals surface area contributed by atoms with E-state index < -0.39 is 10.0 Å². The summed E-state index contributed by atoms with van der Waals surface area (Å²) >= 11 is 0. The van der Waals surface area contributed by atoms with E-state index in [1.54, 1.807) is 31.0 Å². The number of aryl methyl sites for hydroxylation is 1. The zero-order valence-corrected chi connectivity index (χ0v) is 18.2. The lowest BCUT2D eigenvalue weighted by molar-refractivity contribution is 0.0685. The van der Waals surface area contributed by atoms with Gasteiger partial charge in [-0.1, -0.05) is 0 Å². The molecule has 0 spiro atoms. The summed E-state index contributed by atoms with van der Waals surface area (Å²) in [6.45, 7) is 6.49. The van der Waals surface area contributed by atoms with Crippen molar-refractivity contribution in [3.05, 3.63) is 53.1 Å². The number of piperidine rings is 1. The maximum atomic E-state index is 13.3. The molecule has 0 saturated carbocycles. The molecule has 8 heteroatoms. The number of carbonyl (C=O) groups is 1. The van der Waals surface area contributed by atoms with Crippen molar-refractivity contribution in [3.63, 3.8) is 0 Å². The molecule has 0 radical (unpaired) electrons. The summed E-state index contributed by atoms with van der Waals surface area (Å²) < 4.78 is 40.8. The Morgan fingerprint density at radius 2 is 1.76 bits per heavy atom. The van der Waals surface area contributed by atoms with Crippen molar-refractivity contribution in [2.24, 2.45) is 0 Å². The van der Waals surface area contributed by atoms with Gasteiger partial charge in [-0.25, -0.2) is 17.1 Å².